The molecule has 3 aromatic carbocycles. The Morgan fingerprint density at radius 2 is 1.69 bits per heavy atom. The van der Waals surface area contributed by atoms with Crippen LogP contribution in [0.4, 0.5) is 5.69 Å². The first-order chi connectivity index (χ1) is 14.1. The van der Waals surface area contributed by atoms with Gasteiger partial charge in [0.1, 0.15) is 6.54 Å². The van der Waals surface area contributed by atoms with Crippen molar-refractivity contribution in [1.29, 1.82) is 0 Å². The van der Waals surface area contributed by atoms with Gasteiger partial charge in [-0.05, 0) is 29.3 Å². The molecule has 1 N–H and O–H groups in total. The number of rotatable bonds is 6. The van der Waals surface area contributed by atoms with Gasteiger partial charge in [-0.3, -0.25) is 4.79 Å². The van der Waals surface area contributed by atoms with Crippen LogP contribution in [0.2, 0.25) is 0 Å². The molecule has 0 aliphatic heterocycles. The van der Waals surface area contributed by atoms with Gasteiger partial charge < -0.3 is 14.8 Å². The van der Waals surface area contributed by atoms with E-state index < -0.39 is 0 Å². The molecule has 1 amide bonds. The zero-order valence-electron chi connectivity index (χ0n) is 16.7. The fourth-order valence-electron chi connectivity index (χ4n) is 3.46. The van der Waals surface area contributed by atoms with Crippen molar-refractivity contribution in [2.45, 2.75) is 13.1 Å². The predicted octanol–water partition coefficient (Wildman–Crippen LogP) is 4.09. The average molecular weight is 384 g/mol. The maximum absolute atomic E-state index is 12.4. The summed E-state index contributed by atoms with van der Waals surface area (Å²) in [6, 6.07) is 24.5. The molecule has 146 valence electrons. The molecule has 5 heteroatoms. The molecule has 1 aromatic heterocycles. The van der Waals surface area contributed by atoms with Gasteiger partial charge in [0, 0.05) is 31.9 Å². The Kier molecular flexibility index (Phi) is 5.29. The van der Waals surface area contributed by atoms with Crippen LogP contribution in [0.5, 0.6) is 0 Å². The molecule has 0 aliphatic rings. The maximum atomic E-state index is 12.4. The van der Waals surface area contributed by atoms with Crippen molar-refractivity contribution in [2.75, 3.05) is 19.0 Å². The van der Waals surface area contributed by atoms with Crippen LogP contribution in [-0.4, -0.2) is 29.6 Å². The summed E-state index contributed by atoms with van der Waals surface area (Å²) in [4.78, 5) is 18.8. The Balaban J connectivity index is 1.40. The predicted molar refractivity (Wildman–Crippen MR) is 118 cm³/mol. The van der Waals surface area contributed by atoms with E-state index in [9.17, 15) is 4.79 Å². The largest absolute Gasteiger partial charge is 0.377 e. The number of amides is 1. The normalized spacial score (nSPS) is 10.8. The summed E-state index contributed by atoms with van der Waals surface area (Å²) < 4.78 is 1.87. The topological polar surface area (TPSA) is 50.2 Å². The van der Waals surface area contributed by atoms with Crippen LogP contribution in [0, 0.1) is 0 Å². The third kappa shape index (κ3) is 4.14. The van der Waals surface area contributed by atoms with Crippen molar-refractivity contribution < 1.29 is 4.79 Å². The summed E-state index contributed by atoms with van der Waals surface area (Å²) in [5.74, 6) is -0.0322. The molecule has 0 fully saturated rings. The number of fused-ring (bicyclic) bond motifs is 1. The van der Waals surface area contributed by atoms with Crippen LogP contribution >= 0.6 is 0 Å². The Morgan fingerprint density at radius 3 is 2.48 bits per heavy atom. The molecule has 29 heavy (non-hydrogen) atoms. The third-order valence-electron chi connectivity index (χ3n) is 4.98. The molecule has 0 unspecified atom stereocenters. The molecule has 4 rings (SSSR count). The first kappa shape index (κ1) is 18.7. The number of hydrogen-bond acceptors (Lipinski definition) is 3. The van der Waals surface area contributed by atoms with E-state index in [4.69, 9.17) is 0 Å². The second-order valence-electron chi connectivity index (χ2n) is 7.25. The van der Waals surface area contributed by atoms with E-state index in [1.54, 1.807) is 6.33 Å². The lowest BCUT2D eigenvalue weighted by molar-refractivity contribution is -0.121. The van der Waals surface area contributed by atoms with Crippen LogP contribution in [0.25, 0.3) is 22.2 Å². The number of benzene rings is 3. The summed E-state index contributed by atoms with van der Waals surface area (Å²) >= 11 is 0. The van der Waals surface area contributed by atoms with E-state index in [0.717, 1.165) is 22.2 Å². The highest BCUT2D eigenvalue weighted by molar-refractivity contribution is 5.81. The Morgan fingerprint density at radius 1 is 0.966 bits per heavy atom. The summed E-state index contributed by atoms with van der Waals surface area (Å²) in [7, 11) is 4.10. The lowest BCUT2D eigenvalue weighted by Crippen LogP contribution is -2.26. The number of para-hydroxylation sites is 3. The van der Waals surface area contributed by atoms with Gasteiger partial charge in [-0.1, -0.05) is 54.6 Å². The molecule has 0 radical (unpaired) electrons. The van der Waals surface area contributed by atoms with Crippen molar-refractivity contribution in [1.82, 2.24) is 14.9 Å². The van der Waals surface area contributed by atoms with E-state index >= 15 is 0 Å². The van der Waals surface area contributed by atoms with Gasteiger partial charge in [0.05, 0.1) is 17.4 Å². The summed E-state index contributed by atoms with van der Waals surface area (Å²) in [5, 5.41) is 2.99. The Labute approximate surface area is 170 Å². The highest BCUT2D eigenvalue weighted by Gasteiger charge is 2.08. The zero-order chi connectivity index (χ0) is 20.2. The molecular weight excluding hydrogens is 360 g/mol. The molecule has 0 saturated heterocycles. The molecule has 0 bridgehead atoms. The number of nitrogens with one attached hydrogen (secondary N) is 1. The molecule has 1 heterocycles. The van der Waals surface area contributed by atoms with Gasteiger partial charge in [-0.25, -0.2) is 4.98 Å². The average Bonchev–Trinajstić information content (AvgIpc) is 3.15. The Hall–Kier alpha value is -3.60. The van der Waals surface area contributed by atoms with Crippen LogP contribution in [0.1, 0.15) is 5.56 Å². The smallest absolute Gasteiger partial charge is 0.240 e. The number of hydrogen-bond donors (Lipinski definition) is 1. The monoisotopic (exact) mass is 384 g/mol. The standard InChI is InChI=1S/C24H24N4O/c1-27(2)22-9-5-3-7-20(22)19-13-11-18(12-14-19)15-25-24(29)16-28-17-26-21-8-4-6-10-23(21)28/h3-14,17H,15-16H2,1-2H3,(H,25,29). The number of carbonyl (C=O) groups is 1. The molecule has 5 nitrogen and oxygen atoms in total. The second-order valence-corrected chi connectivity index (χ2v) is 7.25. The van der Waals surface area contributed by atoms with Crippen LogP contribution in [-0.2, 0) is 17.9 Å². The van der Waals surface area contributed by atoms with Crippen molar-refractivity contribution in [2.24, 2.45) is 0 Å². The minimum Gasteiger partial charge on any atom is -0.377 e. The molecule has 0 atom stereocenters. The first-order valence-corrected chi connectivity index (χ1v) is 9.64. The van der Waals surface area contributed by atoms with E-state index in [1.165, 1.54) is 11.3 Å². The number of nitrogens with zero attached hydrogens (tertiary/aromatic N) is 3. The van der Waals surface area contributed by atoms with E-state index in [0.29, 0.717) is 6.54 Å². The fraction of sp³-hybridized carbons (Fsp3) is 0.167. The number of anilines is 1. The Bertz CT molecular complexity index is 1130. The highest BCUT2D eigenvalue weighted by Crippen LogP contribution is 2.29. The minimum absolute atomic E-state index is 0.0322. The first-order valence-electron chi connectivity index (χ1n) is 9.64. The van der Waals surface area contributed by atoms with Crippen molar-refractivity contribution in [3.8, 4) is 11.1 Å². The van der Waals surface area contributed by atoms with Gasteiger partial charge >= 0.3 is 0 Å². The SMILES string of the molecule is CN(C)c1ccccc1-c1ccc(CNC(=O)Cn2cnc3ccccc32)cc1. The van der Waals surface area contributed by atoms with Crippen LogP contribution in [0.3, 0.4) is 0 Å². The fourth-order valence-corrected chi connectivity index (χ4v) is 3.46. The van der Waals surface area contributed by atoms with Gasteiger partial charge in [0.2, 0.25) is 5.91 Å². The molecule has 4 aromatic rings. The van der Waals surface area contributed by atoms with E-state index in [-0.39, 0.29) is 12.5 Å². The van der Waals surface area contributed by atoms with Gasteiger partial charge in [-0.2, -0.15) is 0 Å². The van der Waals surface area contributed by atoms with Gasteiger partial charge in [-0.15, -0.1) is 0 Å². The lowest BCUT2D eigenvalue weighted by atomic mass is 10.0. The molecule has 0 spiro atoms. The van der Waals surface area contributed by atoms with Crippen molar-refractivity contribution in [3.05, 3.63) is 84.7 Å². The van der Waals surface area contributed by atoms with Crippen LogP contribution < -0.4 is 10.2 Å². The van der Waals surface area contributed by atoms with Crippen molar-refractivity contribution in [3.63, 3.8) is 0 Å². The zero-order valence-corrected chi connectivity index (χ0v) is 16.7. The summed E-state index contributed by atoms with van der Waals surface area (Å²) in [6.07, 6.45) is 1.71. The molecule has 0 aliphatic carbocycles. The van der Waals surface area contributed by atoms with Gasteiger partial charge in [0.15, 0.2) is 0 Å². The lowest BCUT2D eigenvalue weighted by Gasteiger charge is -2.17. The number of imidazole rings is 1. The van der Waals surface area contributed by atoms with Gasteiger partial charge in [0.25, 0.3) is 0 Å². The summed E-state index contributed by atoms with van der Waals surface area (Å²) in [5.41, 5.74) is 6.47. The van der Waals surface area contributed by atoms with E-state index in [1.807, 2.05) is 49.0 Å². The quantitative estimate of drug-likeness (QED) is 0.545. The highest BCUT2D eigenvalue weighted by atomic mass is 16.1. The van der Waals surface area contributed by atoms with E-state index in [2.05, 4.69) is 57.7 Å². The van der Waals surface area contributed by atoms with Crippen molar-refractivity contribution >= 4 is 22.6 Å². The third-order valence-corrected chi connectivity index (χ3v) is 4.98. The number of aromatic nitrogens is 2. The summed E-state index contributed by atoms with van der Waals surface area (Å²) in [6.45, 7) is 0.760. The minimum atomic E-state index is -0.0322. The van der Waals surface area contributed by atoms with Crippen LogP contribution in [0.15, 0.2) is 79.1 Å². The molecular formula is C24H24N4O. The second kappa shape index (κ2) is 8.19. The molecule has 0 saturated carbocycles. The maximum Gasteiger partial charge on any atom is 0.240 e. The number of carbonyl (C=O) groups excluding carboxylic acids is 1.